The number of nitrogen functional groups attached to an aromatic ring is 1. The van der Waals surface area contributed by atoms with Gasteiger partial charge in [-0.25, -0.2) is 0 Å². The lowest BCUT2D eigenvalue weighted by Gasteiger charge is -2.20. The summed E-state index contributed by atoms with van der Waals surface area (Å²) in [6, 6.07) is 0. The highest BCUT2D eigenvalue weighted by Gasteiger charge is 2.40. The number of carbonyl (C=O) groups excluding carboxylic acids is 1. The number of aryl methyl sites for hydroxylation is 1. The first-order valence-corrected chi connectivity index (χ1v) is 6.73. The number of hydrogen-bond donors (Lipinski definition) is 3. The molecule has 0 aliphatic heterocycles. The first-order valence-electron chi connectivity index (χ1n) is 6.73. The van der Waals surface area contributed by atoms with Gasteiger partial charge in [-0.05, 0) is 43.9 Å². The van der Waals surface area contributed by atoms with Crippen molar-refractivity contribution < 1.29 is 4.79 Å². The lowest BCUT2D eigenvalue weighted by Crippen LogP contribution is -2.20. The third kappa shape index (κ3) is 1.98. The molecule has 0 radical (unpaired) electrons. The molecular weight excluding hydrogens is 228 g/mol. The van der Waals surface area contributed by atoms with E-state index in [1.807, 2.05) is 6.92 Å². The smallest absolute Gasteiger partial charge is 0.225 e. The fourth-order valence-corrected chi connectivity index (χ4v) is 3.58. The van der Waals surface area contributed by atoms with Crippen molar-refractivity contribution >= 4 is 17.4 Å². The molecule has 5 heteroatoms. The topological polar surface area (TPSA) is 83.8 Å². The summed E-state index contributed by atoms with van der Waals surface area (Å²) in [5, 5.41) is 9.58. The summed E-state index contributed by atoms with van der Waals surface area (Å²) in [5.74, 6) is 2.75. The number of hydrogen-bond acceptors (Lipinski definition) is 3. The standard InChI is InChI=1S/C13H20N4O/c1-7-12(14)13(17-16-7)15-11(18)6-10-5-8-2-3-9(10)4-8/h8-10H,2-6,14H2,1H3,(H2,15,16,17,18). The van der Waals surface area contributed by atoms with Gasteiger partial charge in [0.05, 0.1) is 11.4 Å². The van der Waals surface area contributed by atoms with E-state index in [4.69, 9.17) is 5.73 Å². The Morgan fingerprint density at radius 3 is 2.89 bits per heavy atom. The zero-order valence-corrected chi connectivity index (χ0v) is 10.7. The second-order valence-electron chi connectivity index (χ2n) is 5.80. The SMILES string of the molecule is Cc1[nH]nc(NC(=O)CC2CC3CCC2C3)c1N. The van der Waals surface area contributed by atoms with Crippen LogP contribution < -0.4 is 11.1 Å². The maximum Gasteiger partial charge on any atom is 0.225 e. The Kier molecular flexibility index (Phi) is 2.76. The number of carbonyl (C=O) groups is 1. The molecule has 1 heterocycles. The molecule has 2 aliphatic rings. The van der Waals surface area contributed by atoms with E-state index in [9.17, 15) is 4.79 Å². The highest BCUT2D eigenvalue weighted by atomic mass is 16.1. The van der Waals surface area contributed by atoms with Gasteiger partial charge in [-0.15, -0.1) is 0 Å². The minimum absolute atomic E-state index is 0.0470. The highest BCUT2D eigenvalue weighted by Crippen LogP contribution is 2.49. The maximum atomic E-state index is 12.0. The van der Waals surface area contributed by atoms with Gasteiger partial charge in [0.15, 0.2) is 5.82 Å². The molecular formula is C13H20N4O. The lowest BCUT2D eigenvalue weighted by atomic mass is 9.86. The Labute approximate surface area is 107 Å². The van der Waals surface area contributed by atoms with Crippen molar-refractivity contribution in [3.05, 3.63) is 5.69 Å². The van der Waals surface area contributed by atoms with Crippen molar-refractivity contribution in [2.24, 2.45) is 17.8 Å². The normalized spacial score (nSPS) is 29.7. The molecule has 5 nitrogen and oxygen atoms in total. The van der Waals surface area contributed by atoms with Gasteiger partial charge in [0, 0.05) is 6.42 Å². The number of aromatic nitrogens is 2. The van der Waals surface area contributed by atoms with Crippen LogP contribution in [0.3, 0.4) is 0 Å². The fourth-order valence-electron chi connectivity index (χ4n) is 3.58. The molecule has 18 heavy (non-hydrogen) atoms. The molecule has 2 aliphatic carbocycles. The third-order valence-electron chi connectivity index (χ3n) is 4.58. The van der Waals surface area contributed by atoms with Crippen LogP contribution in [0.4, 0.5) is 11.5 Å². The Hall–Kier alpha value is -1.52. The van der Waals surface area contributed by atoms with Gasteiger partial charge in [0.2, 0.25) is 5.91 Å². The molecule has 1 aromatic heterocycles. The Bertz CT molecular complexity index is 468. The minimum Gasteiger partial charge on any atom is -0.394 e. The zero-order valence-electron chi connectivity index (χ0n) is 10.7. The van der Waals surface area contributed by atoms with E-state index in [1.165, 1.54) is 25.7 Å². The third-order valence-corrected chi connectivity index (χ3v) is 4.58. The van der Waals surface area contributed by atoms with Crippen molar-refractivity contribution in [2.45, 2.75) is 39.0 Å². The van der Waals surface area contributed by atoms with Crippen LogP contribution in [0, 0.1) is 24.7 Å². The molecule has 2 fully saturated rings. The summed E-state index contributed by atoms with van der Waals surface area (Å²) in [6.07, 6.45) is 5.86. The second-order valence-corrected chi connectivity index (χ2v) is 5.80. The summed E-state index contributed by atoms with van der Waals surface area (Å²) in [5.41, 5.74) is 7.15. The average molecular weight is 248 g/mol. The van der Waals surface area contributed by atoms with Crippen molar-refractivity contribution in [2.75, 3.05) is 11.1 Å². The number of aromatic amines is 1. The van der Waals surface area contributed by atoms with Gasteiger partial charge in [0.1, 0.15) is 0 Å². The molecule has 3 unspecified atom stereocenters. The van der Waals surface area contributed by atoms with E-state index >= 15 is 0 Å². The number of anilines is 2. The fraction of sp³-hybridized carbons (Fsp3) is 0.692. The van der Waals surface area contributed by atoms with Crippen LogP contribution in [-0.4, -0.2) is 16.1 Å². The van der Waals surface area contributed by atoms with E-state index in [2.05, 4.69) is 15.5 Å². The van der Waals surface area contributed by atoms with Crippen LogP contribution in [-0.2, 0) is 4.79 Å². The Balaban J connectivity index is 1.58. The van der Waals surface area contributed by atoms with Crippen molar-refractivity contribution in [3.63, 3.8) is 0 Å². The molecule has 0 saturated heterocycles. The second kappa shape index (κ2) is 4.30. The monoisotopic (exact) mass is 248 g/mol. The van der Waals surface area contributed by atoms with Gasteiger partial charge in [-0.2, -0.15) is 5.10 Å². The quantitative estimate of drug-likeness (QED) is 0.765. The van der Waals surface area contributed by atoms with Gasteiger partial charge in [-0.1, -0.05) is 6.42 Å². The van der Waals surface area contributed by atoms with Crippen LogP contribution >= 0.6 is 0 Å². The summed E-state index contributed by atoms with van der Waals surface area (Å²) in [6.45, 7) is 1.84. The molecule has 0 aromatic carbocycles. The van der Waals surface area contributed by atoms with Gasteiger partial charge < -0.3 is 11.1 Å². The van der Waals surface area contributed by atoms with Gasteiger partial charge >= 0.3 is 0 Å². The van der Waals surface area contributed by atoms with Gasteiger partial charge in [0.25, 0.3) is 0 Å². The molecule has 1 amide bonds. The summed E-state index contributed by atoms with van der Waals surface area (Å²) < 4.78 is 0. The number of H-pyrrole nitrogens is 1. The number of nitrogens with two attached hydrogens (primary N) is 1. The summed E-state index contributed by atoms with van der Waals surface area (Å²) in [4.78, 5) is 12.0. The van der Waals surface area contributed by atoms with Crippen LogP contribution in [0.25, 0.3) is 0 Å². The minimum atomic E-state index is 0.0470. The number of nitrogens with one attached hydrogen (secondary N) is 2. The molecule has 2 bridgehead atoms. The molecule has 98 valence electrons. The molecule has 1 aromatic rings. The van der Waals surface area contributed by atoms with Crippen molar-refractivity contribution in [3.8, 4) is 0 Å². The largest absolute Gasteiger partial charge is 0.394 e. The van der Waals surface area contributed by atoms with Gasteiger partial charge in [-0.3, -0.25) is 9.89 Å². The summed E-state index contributed by atoms with van der Waals surface area (Å²) >= 11 is 0. The van der Waals surface area contributed by atoms with Crippen LogP contribution in [0.1, 0.15) is 37.8 Å². The Morgan fingerprint density at radius 1 is 1.50 bits per heavy atom. The predicted octanol–water partition coefficient (Wildman–Crippen LogP) is 2.07. The van der Waals surface area contributed by atoms with Crippen LogP contribution in [0.5, 0.6) is 0 Å². The van der Waals surface area contributed by atoms with E-state index in [-0.39, 0.29) is 5.91 Å². The first kappa shape index (κ1) is 11.6. The molecule has 0 spiro atoms. The number of nitrogens with zero attached hydrogens (tertiary/aromatic N) is 1. The predicted molar refractivity (Wildman–Crippen MR) is 69.9 cm³/mol. The molecule has 3 atom stereocenters. The zero-order chi connectivity index (χ0) is 12.7. The first-order chi connectivity index (χ1) is 8.63. The van der Waals surface area contributed by atoms with Crippen LogP contribution in [0.15, 0.2) is 0 Å². The number of rotatable bonds is 3. The Morgan fingerprint density at radius 2 is 2.33 bits per heavy atom. The van der Waals surface area contributed by atoms with E-state index < -0.39 is 0 Å². The van der Waals surface area contributed by atoms with Crippen molar-refractivity contribution in [1.29, 1.82) is 0 Å². The molecule has 4 N–H and O–H groups in total. The van der Waals surface area contributed by atoms with E-state index in [0.29, 0.717) is 23.8 Å². The maximum absolute atomic E-state index is 12.0. The van der Waals surface area contributed by atoms with Crippen LogP contribution in [0.2, 0.25) is 0 Å². The molecule has 2 saturated carbocycles. The lowest BCUT2D eigenvalue weighted by molar-refractivity contribution is -0.117. The van der Waals surface area contributed by atoms with E-state index in [0.717, 1.165) is 17.5 Å². The van der Waals surface area contributed by atoms with Crippen molar-refractivity contribution in [1.82, 2.24) is 10.2 Å². The number of fused-ring (bicyclic) bond motifs is 2. The molecule has 3 rings (SSSR count). The highest BCUT2D eigenvalue weighted by molar-refractivity contribution is 5.92. The number of amides is 1. The summed E-state index contributed by atoms with van der Waals surface area (Å²) in [7, 11) is 0. The average Bonchev–Trinajstić information content (AvgIpc) is 3.01. The van der Waals surface area contributed by atoms with E-state index in [1.54, 1.807) is 0 Å².